The van der Waals surface area contributed by atoms with E-state index in [0.29, 0.717) is 6.04 Å². The van der Waals surface area contributed by atoms with E-state index in [2.05, 4.69) is 17.1 Å². The summed E-state index contributed by atoms with van der Waals surface area (Å²) in [6.07, 6.45) is 3.58. The van der Waals surface area contributed by atoms with Crippen LogP contribution in [-0.2, 0) is 11.2 Å². The molecular weight excluding hydrogens is 276 g/mol. The zero-order valence-corrected chi connectivity index (χ0v) is 13.9. The predicted molar refractivity (Wildman–Crippen MR) is 89.9 cm³/mol. The Labute approximate surface area is 133 Å². The Balaban J connectivity index is 1.95. The summed E-state index contributed by atoms with van der Waals surface area (Å²) < 4.78 is 0. The molecule has 0 radical (unpaired) electrons. The third-order valence-corrected chi connectivity index (χ3v) is 4.54. The van der Waals surface area contributed by atoms with Crippen LogP contribution >= 0.6 is 0 Å². The lowest BCUT2D eigenvalue weighted by atomic mass is 10.1. The minimum absolute atomic E-state index is 0.0294. The second-order valence-electron chi connectivity index (χ2n) is 6.33. The van der Waals surface area contributed by atoms with Crippen molar-refractivity contribution in [3.8, 4) is 0 Å². The van der Waals surface area contributed by atoms with Crippen LogP contribution in [0.4, 0.5) is 5.69 Å². The number of aryl methyl sites for hydroxylation is 1. The van der Waals surface area contributed by atoms with Crippen molar-refractivity contribution in [2.24, 2.45) is 0 Å². The van der Waals surface area contributed by atoms with Gasteiger partial charge in [0, 0.05) is 11.7 Å². The van der Waals surface area contributed by atoms with Crippen molar-refractivity contribution in [1.82, 2.24) is 4.90 Å². The average molecular weight is 304 g/mol. The van der Waals surface area contributed by atoms with E-state index < -0.39 is 0 Å². The highest BCUT2D eigenvalue weighted by Crippen LogP contribution is 2.24. The SMILES string of the molecule is CCc1ccc(NC(=O)C(C)N2CCCC2CC(C)O)cc1. The Bertz CT molecular complexity index is 484. The van der Waals surface area contributed by atoms with Crippen LogP contribution < -0.4 is 5.32 Å². The Kier molecular flexibility index (Phi) is 5.98. The van der Waals surface area contributed by atoms with Crippen molar-refractivity contribution in [3.63, 3.8) is 0 Å². The van der Waals surface area contributed by atoms with E-state index in [1.54, 1.807) is 0 Å². The van der Waals surface area contributed by atoms with Gasteiger partial charge in [-0.25, -0.2) is 0 Å². The zero-order valence-electron chi connectivity index (χ0n) is 13.9. The van der Waals surface area contributed by atoms with Gasteiger partial charge in [-0.2, -0.15) is 0 Å². The van der Waals surface area contributed by atoms with Crippen LogP contribution in [0.25, 0.3) is 0 Å². The monoisotopic (exact) mass is 304 g/mol. The van der Waals surface area contributed by atoms with Gasteiger partial charge in [-0.1, -0.05) is 19.1 Å². The third kappa shape index (κ3) is 4.31. The molecule has 3 unspecified atom stereocenters. The van der Waals surface area contributed by atoms with Crippen molar-refractivity contribution in [2.75, 3.05) is 11.9 Å². The number of nitrogens with one attached hydrogen (secondary N) is 1. The second kappa shape index (κ2) is 7.75. The summed E-state index contributed by atoms with van der Waals surface area (Å²) >= 11 is 0. The number of hydrogen-bond donors (Lipinski definition) is 2. The number of amides is 1. The first kappa shape index (κ1) is 17.0. The summed E-state index contributed by atoms with van der Waals surface area (Å²) in [4.78, 5) is 14.7. The molecule has 1 amide bonds. The van der Waals surface area contributed by atoms with Gasteiger partial charge in [-0.3, -0.25) is 9.69 Å². The smallest absolute Gasteiger partial charge is 0.241 e. The number of anilines is 1. The standard InChI is InChI=1S/C18H28N2O2/c1-4-15-7-9-16(10-8-15)19-18(22)14(3)20-11-5-6-17(20)12-13(2)21/h7-10,13-14,17,21H,4-6,11-12H2,1-3H3,(H,19,22). The number of hydrogen-bond acceptors (Lipinski definition) is 3. The van der Waals surface area contributed by atoms with E-state index in [9.17, 15) is 9.90 Å². The van der Waals surface area contributed by atoms with Crippen molar-refractivity contribution in [2.45, 2.75) is 64.6 Å². The van der Waals surface area contributed by atoms with Crippen LogP contribution in [0.3, 0.4) is 0 Å². The molecule has 2 N–H and O–H groups in total. The summed E-state index contributed by atoms with van der Waals surface area (Å²) in [5, 5.41) is 12.6. The first-order chi connectivity index (χ1) is 10.5. The number of nitrogens with zero attached hydrogens (tertiary/aromatic N) is 1. The first-order valence-electron chi connectivity index (χ1n) is 8.35. The molecule has 1 aromatic carbocycles. The summed E-state index contributed by atoms with van der Waals surface area (Å²) in [7, 11) is 0. The van der Waals surface area contributed by atoms with Gasteiger partial charge in [0.05, 0.1) is 12.1 Å². The molecule has 0 aromatic heterocycles. The number of benzene rings is 1. The third-order valence-electron chi connectivity index (χ3n) is 4.54. The molecule has 0 bridgehead atoms. The van der Waals surface area contributed by atoms with Crippen molar-refractivity contribution >= 4 is 11.6 Å². The summed E-state index contributed by atoms with van der Waals surface area (Å²) in [5.41, 5.74) is 2.11. The topological polar surface area (TPSA) is 52.6 Å². The number of carbonyl (C=O) groups is 1. The molecule has 1 saturated heterocycles. The van der Waals surface area contributed by atoms with Gasteiger partial charge in [0.2, 0.25) is 5.91 Å². The van der Waals surface area contributed by atoms with E-state index in [-0.39, 0.29) is 18.1 Å². The molecule has 1 aliphatic heterocycles. The number of rotatable bonds is 6. The maximum Gasteiger partial charge on any atom is 0.241 e. The lowest BCUT2D eigenvalue weighted by Gasteiger charge is -2.30. The zero-order chi connectivity index (χ0) is 16.1. The van der Waals surface area contributed by atoms with Crippen LogP contribution in [0.1, 0.15) is 45.6 Å². The molecule has 22 heavy (non-hydrogen) atoms. The minimum Gasteiger partial charge on any atom is -0.393 e. The van der Waals surface area contributed by atoms with Crippen LogP contribution in [-0.4, -0.2) is 40.6 Å². The molecule has 1 aromatic rings. The van der Waals surface area contributed by atoms with Crippen molar-refractivity contribution < 1.29 is 9.90 Å². The minimum atomic E-state index is -0.317. The molecule has 4 heteroatoms. The largest absolute Gasteiger partial charge is 0.393 e. The number of likely N-dealkylation sites (tertiary alicyclic amines) is 1. The van der Waals surface area contributed by atoms with E-state index in [1.807, 2.05) is 38.1 Å². The molecule has 0 spiro atoms. The molecule has 0 saturated carbocycles. The molecule has 1 aliphatic rings. The number of aliphatic hydroxyl groups is 1. The first-order valence-corrected chi connectivity index (χ1v) is 8.35. The molecule has 0 aliphatic carbocycles. The fraction of sp³-hybridized carbons (Fsp3) is 0.611. The molecule has 3 atom stereocenters. The second-order valence-corrected chi connectivity index (χ2v) is 6.33. The van der Waals surface area contributed by atoms with Gasteiger partial charge in [0.25, 0.3) is 0 Å². The lowest BCUT2D eigenvalue weighted by molar-refractivity contribution is -0.121. The van der Waals surface area contributed by atoms with Gasteiger partial charge in [0.15, 0.2) is 0 Å². The fourth-order valence-corrected chi connectivity index (χ4v) is 3.24. The highest BCUT2D eigenvalue weighted by molar-refractivity contribution is 5.94. The highest BCUT2D eigenvalue weighted by Gasteiger charge is 2.32. The van der Waals surface area contributed by atoms with Crippen molar-refractivity contribution in [1.29, 1.82) is 0 Å². The number of carbonyl (C=O) groups excluding carboxylic acids is 1. The van der Waals surface area contributed by atoms with E-state index in [4.69, 9.17) is 0 Å². The molecule has 122 valence electrons. The Hall–Kier alpha value is -1.39. The number of aliphatic hydroxyl groups excluding tert-OH is 1. The molecular formula is C18H28N2O2. The summed E-state index contributed by atoms with van der Waals surface area (Å²) in [6.45, 7) is 6.82. The highest BCUT2D eigenvalue weighted by atomic mass is 16.3. The molecule has 2 rings (SSSR count). The van der Waals surface area contributed by atoms with Crippen molar-refractivity contribution in [3.05, 3.63) is 29.8 Å². The quantitative estimate of drug-likeness (QED) is 0.849. The van der Waals surface area contributed by atoms with Gasteiger partial charge in [-0.05, 0) is 63.8 Å². The van der Waals surface area contributed by atoms with Crippen LogP contribution in [0.5, 0.6) is 0 Å². The normalized spacial score (nSPS) is 21.5. The van der Waals surface area contributed by atoms with Gasteiger partial charge in [-0.15, -0.1) is 0 Å². The molecule has 1 heterocycles. The maximum absolute atomic E-state index is 12.5. The van der Waals surface area contributed by atoms with Crippen LogP contribution in [0.2, 0.25) is 0 Å². The lowest BCUT2D eigenvalue weighted by Crippen LogP contribution is -2.45. The van der Waals surface area contributed by atoms with Gasteiger partial charge >= 0.3 is 0 Å². The maximum atomic E-state index is 12.5. The van der Waals surface area contributed by atoms with Crippen LogP contribution in [0.15, 0.2) is 24.3 Å². The average Bonchev–Trinajstić information content (AvgIpc) is 2.94. The molecule has 1 fully saturated rings. The van der Waals surface area contributed by atoms with Crippen LogP contribution in [0, 0.1) is 0 Å². The van der Waals surface area contributed by atoms with Gasteiger partial charge in [0.1, 0.15) is 0 Å². The Morgan fingerprint density at radius 1 is 1.36 bits per heavy atom. The van der Waals surface area contributed by atoms with E-state index in [0.717, 1.165) is 37.9 Å². The summed E-state index contributed by atoms with van der Waals surface area (Å²) in [6, 6.07) is 8.15. The Morgan fingerprint density at radius 3 is 2.64 bits per heavy atom. The molecule has 4 nitrogen and oxygen atoms in total. The Morgan fingerprint density at radius 2 is 2.05 bits per heavy atom. The van der Waals surface area contributed by atoms with Gasteiger partial charge < -0.3 is 10.4 Å². The van der Waals surface area contributed by atoms with E-state index in [1.165, 1.54) is 5.56 Å². The summed E-state index contributed by atoms with van der Waals surface area (Å²) in [5.74, 6) is 0.0294. The van der Waals surface area contributed by atoms with E-state index >= 15 is 0 Å². The predicted octanol–water partition coefficient (Wildman–Crippen LogP) is 2.81. The fourth-order valence-electron chi connectivity index (χ4n) is 3.24.